The fraction of sp³-hybridized carbons (Fsp3) is 0.412. The summed E-state index contributed by atoms with van der Waals surface area (Å²) in [5.74, 6) is -1.52. The molecule has 2 aliphatic heterocycles. The monoisotopic (exact) mass is 360 g/mol. The third-order valence-corrected chi connectivity index (χ3v) is 4.28. The Balaban J connectivity index is 1.62. The van der Waals surface area contributed by atoms with E-state index in [0.717, 1.165) is 25.1 Å². The van der Waals surface area contributed by atoms with Crippen molar-refractivity contribution < 1.29 is 23.9 Å². The van der Waals surface area contributed by atoms with Crippen LogP contribution in [-0.4, -0.2) is 49.6 Å². The lowest BCUT2D eigenvalue weighted by Gasteiger charge is -2.33. The van der Waals surface area contributed by atoms with Gasteiger partial charge in [0, 0.05) is 13.1 Å². The number of esters is 1. The summed E-state index contributed by atoms with van der Waals surface area (Å²) in [7, 11) is 0. The van der Waals surface area contributed by atoms with Crippen molar-refractivity contribution >= 4 is 35.2 Å². The van der Waals surface area contributed by atoms with Crippen molar-refractivity contribution in [1.29, 1.82) is 0 Å². The van der Waals surface area contributed by atoms with Crippen LogP contribution in [0.15, 0.2) is 18.2 Å². The number of hydrogen-bond acceptors (Lipinski definition) is 6. The maximum Gasteiger partial charge on any atom is 0.338 e. The first-order chi connectivity index (χ1) is 12.5. The predicted octanol–water partition coefficient (Wildman–Crippen LogP) is 0.610. The van der Waals surface area contributed by atoms with Gasteiger partial charge in [-0.05, 0) is 38.0 Å². The number of anilines is 2. The van der Waals surface area contributed by atoms with Crippen LogP contribution in [0.2, 0.25) is 0 Å². The molecule has 4 amide bonds. The number of rotatable bonds is 4. The average molecular weight is 360 g/mol. The van der Waals surface area contributed by atoms with Crippen LogP contribution in [0.25, 0.3) is 0 Å². The predicted molar refractivity (Wildman–Crippen MR) is 92.9 cm³/mol. The van der Waals surface area contributed by atoms with Crippen molar-refractivity contribution in [3.8, 4) is 0 Å². The molecule has 1 aromatic carbocycles. The van der Waals surface area contributed by atoms with E-state index in [9.17, 15) is 19.2 Å². The van der Waals surface area contributed by atoms with E-state index >= 15 is 0 Å². The Morgan fingerprint density at radius 1 is 1.35 bits per heavy atom. The van der Waals surface area contributed by atoms with E-state index in [1.165, 1.54) is 6.07 Å². The third-order valence-electron chi connectivity index (χ3n) is 4.28. The normalized spacial score (nSPS) is 17.7. The number of benzene rings is 1. The zero-order chi connectivity index (χ0) is 18.7. The van der Waals surface area contributed by atoms with Gasteiger partial charge in [-0.3, -0.25) is 14.9 Å². The first-order valence-corrected chi connectivity index (χ1v) is 8.46. The van der Waals surface area contributed by atoms with E-state index in [2.05, 4.69) is 10.6 Å². The summed E-state index contributed by atoms with van der Waals surface area (Å²) in [5.41, 5.74) is 1.64. The molecule has 0 bridgehead atoms. The maximum atomic E-state index is 12.1. The van der Waals surface area contributed by atoms with Gasteiger partial charge in [0.05, 0.1) is 16.9 Å². The highest BCUT2D eigenvalue weighted by Gasteiger charge is 2.36. The standard InChI is InChI=1S/C17H20N4O5/c1-2-18-17(25)20-14(22)9-26-16(24)10-5-6-12-11(8-10)19-15(23)13-4-3-7-21(12)13/h5-6,8,13H,2-4,7,9H2,1H3,(H,19,23)(H2,18,20,22,25)/t13-/m0/s1. The van der Waals surface area contributed by atoms with Gasteiger partial charge in [0.25, 0.3) is 5.91 Å². The van der Waals surface area contributed by atoms with Crippen molar-refractivity contribution in [2.24, 2.45) is 0 Å². The molecule has 138 valence electrons. The van der Waals surface area contributed by atoms with E-state index in [4.69, 9.17) is 4.74 Å². The molecule has 0 aliphatic carbocycles. The lowest BCUT2D eigenvalue weighted by atomic mass is 10.1. The SMILES string of the molecule is CCNC(=O)NC(=O)COC(=O)c1ccc2c(c1)NC(=O)[C@@H]1CCCN21. The molecule has 2 aliphatic rings. The first kappa shape index (κ1) is 17.7. The average Bonchev–Trinajstić information content (AvgIpc) is 3.10. The summed E-state index contributed by atoms with van der Waals surface area (Å²) >= 11 is 0. The van der Waals surface area contributed by atoms with Gasteiger partial charge in [-0.2, -0.15) is 0 Å². The van der Waals surface area contributed by atoms with Crippen molar-refractivity contribution in [2.45, 2.75) is 25.8 Å². The van der Waals surface area contributed by atoms with Crippen LogP contribution in [0, 0.1) is 0 Å². The highest BCUT2D eigenvalue weighted by Crippen LogP contribution is 2.37. The topological polar surface area (TPSA) is 117 Å². The molecule has 9 heteroatoms. The summed E-state index contributed by atoms with van der Waals surface area (Å²) in [6, 6.07) is 4.09. The van der Waals surface area contributed by atoms with Gasteiger partial charge in [0.15, 0.2) is 6.61 Å². The second-order valence-corrected chi connectivity index (χ2v) is 6.06. The first-order valence-electron chi connectivity index (χ1n) is 8.46. The Morgan fingerprint density at radius 3 is 2.92 bits per heavy atom. The molecule has 0 saturated carbocycles. The number of urea groups is 1. The van der Waals surface area contributed by atoms with Gasteiger partial charge >= 0.3 is 12.0 Å². The maximum absolute atomic E-state index is 12.1. The second-order valence-electron chi connectivity index (χ2n) is 6.06. The molecule has 3 rings (SSSR count). The Morgan fingerprint density at radius 2 is 2.15 bits per heavy atom. The number of hydrogen-bond donors (Lipinski definition) is 3. The number of nitrogens with zero attached hydrogens (tertiary/aromatic N) is 1. The Bertz CT molecular complexity index is 764. The number of nitrogens with one attached hydrogen (secondary N) is 3. The largest absolute Gasteiger partial charge is 0.452 e. The lowest BCUT2D eigenvalue weighted by Crippen LogP contribution is -2.44. The molecular weight excluding hydrogens is 340 g/mol. The minimum absolute atomic E-state index is 0.0816. The van der Waals surface area contributed by atoms with Crippen LogP contribution >= 0.6 is 0 Å². The molecule has 3 N–H and O–H groups in total. The molecule has 1 aromatic rings. The summed E-state index contributed by atoms with van der Waals surface area (Å²) in [6.45, 7) is 2.31. The smallest absolute Gasteiger partial charge is 0.338 e. The van der Waals surface area contributed by atoms with Gasteiger partial charge in [-0.1, -0.05) is 0 Å². The van der Waals surface area contributed by atoms with Crippen LogP contribution in [-0.2, 0) is 14.3 Å². The zero-order valence-electron chi connectivity index (χ0n) is 14.3. The number of ether oxygens (including phenoxy) is 1. The summed E-state index contributed by atoms with van der Waals surface area (Å²) in [5, 5.41) is 7.25. The van der Waals surface area contributed by atoms with Crippen molar-refractivity contribution in [1.82, 2.24) is 10.6 Å². The fourth-order valence-corrected chi connectivity index (χ4v) is 3.14. The molecule has 1 atom stereocenters. The van der Waals surface area contributed by atoms with Gasteiger partial charge in [0.1, 0.15) is 6.04 Å². The minimum Gasteiger partial charge on any atom is -0.452 e. The Hall–Kier alpha value is -3.10. The number of amides is 4. The molecule has 0 aromatic heterocycles. The molecule has 9 nitrogen and oxygen atoms in total. The van der Waals surface area contributed by atoms with E-state index in [1.807, 2.05) is 10.2 Å². The van der Waals surface area contributed by atoms with E-state index in [0.29, 0.717) is 12.2 Å². The van der Waals surface area contributed by atoms with Gasteiger partial charge in [0.2, 0.25) is 5.91 Å². The molecule has 0 spiro atoms. The molecule has 26 heavy (non-hydrogen) atoms. The van der Waals surface area contributed by atoms with Crippen LogP contribution in [0.4, 0.5) is 16.2 Å². The quantitative estimate of drug-likeness (QED) is 0.678. The van der Waals surface area contributed by atoms with Crippen molar-refractivity contribution in [3.05, 3.63) is 23.8 Å². The summed E-state index contributed by atoms with van der Waals surface area (Å²) in [4.78, 5) is 49.1. The summed E-state index contributed by atoms with van der Waals surface area (Å²) in [6.07, 6.45) is 1.76. The Kier molecular flexibility index (Phi) is 5.06. The molecule has 1 fully saturated rings. The zero-order valence-corrected chi connectivity index (χ0v) is 14.3. The summed E-state index contributed by atoms with van der Waals surface area (Å²) < 4.78 is 4.92. The van der Waals surface area contributed by atoms with Crippen LogP contribution in [0.5, 0.6) is 0 Å². The Labute approximate surface area is 150 Å². The van der Waals surface area contributed by atoms with Crippen LogP contribution < -0.4 is 20.9 Å². The molecular formula is C17H20N4O5. The highest BCUT2D eigenvalue weighted by molar-refractivity contribution is 6.05. The van der Waals surface area contributed by atoms with Crippen molar-refractivity contribution in [2.75, 3.05) is 29.9 Å². The molecule has 0 radical (unpaired) electrons. The number of imide groups is 1. The highest BCUT2D eigenvalue weighted by atomic mass is 16.5. The van der Waals surface area contributed by atoms with E-state index < -0.39 is 24.5 Å². The van der Waals surface area contributed by atoms with Gasteiger partial charge < -0.3 is 20.3 Å². The number of carbonyl (C=O) groups excluding carboxylic acids is 4. The third kappa shape index (κ3) is 3.61. The molecule has 1 saturated heterocycles. The number of carbonyl (C=O) groups is 4. The van der Waals surface area contributed by atoms with Crippen LogP contribution in [0.1, 0.15) is 30.1 Å². The van der Waals surface area contributed by atoms with Crippen LogP contribution in [0.3, 0.4) is 0 Å². The molecule has 2 heterocycles. The second kappa shape index (κ2) is 7.42. The van der Waals surface area contributed by atoms with E-state index in [1.54, 1.807) is 19.1 Å². The fourth-order valence-electron chi connectivity index (χ4n) is 3.14. The number of fused-ring (bicyclic) bond motifs is 3. The van der Waals surface area contributed by atoms with Gasteiger partial charge in [-0.15, -0.1) is 0 Å². The van der Waals surface area contributed by atoms with Crippen molar-refractivity contribution in [3.63, 3.8) is 0 Å². The minimum atomic E-state index is -0.726. The lowest BCUT2D eigenvalue weighted by molar-refractivity contribution is -0.123. The van der Waals surface area contributed by atoms with Gasteiger partial charge in [-0.25, -0.2) is 9.59 Å². The molecule has 0 unspecified atom stereocenters. The van der Waals surface area contributed by atoms with E-state index in [-0.39, 0.29) is 17.5 Å².